The lowest BCUT2D eigenvalue weighted by Gasteiger charge is -2.20. The second-order valence-electron chi connectivity index (χ2n) is 6.34. The van der Waals surface area contributed by atoms with Crippen LogP contribution in [0.1, 0.15) is 43.3 Å². The first-order valence-corrected chi connectivity index (χ1v) is 7.01. The Labute approximate surface area is 121 Å². The van der Waals surface area contributed by atoms with E-state index in [2.05, 4.69) is 56.1 Å². The van der Waals surface area contributed by atoms with Crippen molar-refractivity contribution < 1.29 is 0 Å². The number of aromatic nitrogens is 3. The van der Waals surface area contributed by atoms with Gasteiger partial charge in [-0.2, -0.15) is 5.10 Å². The van der Waals surface area contributed by atoms with E-state index in [1.807, 2.05) is 23.9 Å². The fourth-order valence-corrected chi connectivity index (χ4v) is 1.96. The molecule has 0 fully saturated rings. The van der Waals surface area contributed by atoms with E-state index in [9.17, 15) is 0 Å². The highest BCUT2D eigenvalue weighted by atomic mass is 15.3. The minimum atomic E-state index is 0.117. The molecule has 2 aromatic rings. The lowest BCUT2D eigenvalue weighted by atomic mass is 10.1. The molecule has 0 radical (unpaired) electrons. The van der Waals surface area contributed by atoms with Crippen LogP contribution in [0.25, 0.3) is 5.82 Å². The lowest BCUT2D eigenvalue weighted by molar-refractivity contribution is 0.424. The van der Waals surface area contributed by atoms with Crippen molar-refractivity contribution in [3.63, 3.8) is 0 Å². The third kappa shape index (κ3) is 3.25. The Bertz CT molecular complexity index is 588. The van der Waals surface area contributed by atoms with Crippen LogP contribution in [-0.4, -0.2) is 20.3 Å². The van der Waals surface area contributed by atoms with Crippen molar-refractivity contribution in [3.05, 3.63) is 40.8 Å². The Hall–Kier alpha value is -1.68. The van der Waals surface area contributed by atoms with Crippen LogP contribution < -0.4 is 5.32 Å². The monoisotopic (exact) mass is 272 g/mol. The zero-order valence-electron chi connectivity index (χ0n) is 13.3. The van der Waals surface area contributed by atoms with Gasteiger partial charge in [-0.15, -0.1) is 0 Å². The first-order valence-electron chi connectivity index (χ1n) is 7.01. The number of nitrogens with zero attached hydrogens (tertiary/aromatic N) is 3. The van der Waals surface area contributed by atoms with Crippen molar-refractivity contribution in [2.75, 3.05) is 0 Å². The Kier molecular flexibility index (Phi) is 3.95. The first-order chi connectivity index (χ1) is 9.28. The molecule has 0 saturated heterocycles. The number of hydrogen-bond acceptors (Lipinski definition) is 3. The molecule has 1 N–H and O–H groups in total. The van der Waals surface area contributed by atoms with E-state index in [1.54, 1.807) is 0 Å². The Morgan fingerprint density at radius 3 is 2.30 bits per heavy atom. The van der Waals surface area contributed by atoms with Gasteiger partial charge >= 0.3 is 0 Å². The van der Waals surface area contributed by atoms with Gasteiger partial charge in [0.25, 0.3) is 0 Å². The van der Waals surface area contributed by atoms with Gasteiger partial charge in [0.15, 0.2) is 5.82 Å². The fourth-order valence-electron chi connectivity index (χ4n) is 1.96. The predicted octanol–water partition coefficient (Wildman–Crippen LogP) is 3.08. The van der Waals surface area contributed by atoms with Crippen LogP contribution in [0.5, 0.6) is 0 Å². The maximum atomic E-state index is 4.53. The lowest BCUT2D eigenvalue weighted by Crippen LogP contribution is -2.35. The summed E-state index contributed by atoms with van der Waals surface area (Å²) < 4.78 is 1.91. The minimum Gasteiger partial charge on any atom is -0.308 e. The summed E-state index contributed by atoms with van der Waals surface area (Å²) in [7, 11) is 0. The summed E-state index contributed by atoms with van der Waals surface area (Å²) in [6, 6.07) is 4.13. The predicted molar refractivity (Wildman–Crippen MR) is 82.2 cm³/mol. The van der Waals surface area contributed by atoms with E-state index >= 15 is 0 Å². The molecule has 108 valence electrons. The molecule has 0 aliphatic heterocycles. The van der Waals surface area contributed by atoms with Gasteiger partial charge in [0.2, 0.25) is 0 Å². The first kappa shape index (κ1) is 14.7. The molecule has 0 spiro atoms. The number of rotatable bonds is 3. The second-order valence-corrected chi connectivity index (χ2v) is 6.34. The van der Waals surface area contributed by atoms with E-state index < -0.39 is 0 Å². The van der Waals surface area contributed by atoms with Gasteiger partial charge in [0.05, 0.1) is 5.69 Å². The average Bonchev–Trinajstić information content (AvgIpc) is 2.64. The molecular formula is C16H24N4. The van der Waals surface area contributed by atoms with Crippen molar-refractivity contribution in [1.82, 2.24) is 20.1 Å². The standard InChI is InChI=1S/C16H24N4/c1-11-12(2)19-20(13(11)3)15-8-7-14(9-17-15)10-18-16(4,5)6/h7-9,18H,10H2,1-6H3. The van der Waals surface area contributed by atoms with Crippen LogP contribution in [0.2, 0.25) is 0 Å². The van der Waals surface area contributed by atoms with Crippen molar-refractivity contribution in [2.24, 2.45) is 0 Å². The topological polar surface area (TPSA) is 42.7 Å². The molecule has 0 saturated carbocycles. The summed E-state index contributed by atoms with van der Waals surface area (Å²) in [5.74, 6) is 0.873. The van der Waals surface area contributed by atoms with Gasteiger partial charge in [-0.1, -0.05) is 6.07 Å². The molecule has 0 aromatic carbocycles. The number of hydrogen-bond donors (Lipinski definition) is 1. The van der Waals surface area contributed by atoms with Gasteiger partial charge < -0.3 is 5.32 Å². The molecule has 20 heavy (non-hydrogen) atoms. The molecule has 0 aliphatic carbocycles. The zero-order chi connectivity index (χ0) is 14.9. The van der Waals surface area contributed by atoms with Crippen molar-refractivity contribution in [2.45, 2.75) is 53.6 Å². The molecule has 0 aliphatic rings. The van der Waals surface area contributed by atoms with E-state index in [1.165, 1.54) is 11.1 Å². The Balaban J connectivity index is 2.18. The average molecular weight is 272 g/mol. The van der Waals surface area contributed by atoms with Crippen LogP contribution in [0.15, 0.2) is 18.3 Å². The highest BCUT2D eigenvalue weighted by Gasteiger charge is 2.11. The van der Waals surface area contributed by atoms with Crippen LogP contribution in [0, 0.1) is 20.8 Å². The number of aryl methyl sites for hydroxylation is 1. The summed E-state index contributed by atoms with van der Waals surface area (Å²) in [6.45, 7) is 13.5. The largest absolute Gasteiger partial charge is 0.308 e. The molecule has 0 unspecified atom stereocenters. The number of pyridine rings is 1. The van der Waals surface area contributed by atoms with Gasteiger partial charge in [0, 0.05) is 24.0 Å². The van der Waals surface area contributed by atoms with E-state index in [-0.39, 0.29) is 5.54 Å². The molecule has 2 heterocycles. The van der Waals surface area contributed by atoms with Crippen LogP contribution in [0.3, 0.4) is 0 Å². The molecule has 2 rings (SSSR count). The second kappa shape index (κ2) is 5.37. The maximum absolute atomic E-state index is 4.53. The Morgan fingerprint density at radius 1 is 1.15 bits per heavy atom. The highest BCUT2D eigenvalue weighted by molar-refractivity contribution is 5.32. The molecule has 0 amide bonds. The van der Waals surface area contributed by atoms with Crippen molar-refractivity contribution in [1.29, 1.82) is 0 Å². The van der Waals surface area contributed by atoms with Crippen LogP contribution in [0.4, 0.5) is 0 Å². The third-order valence-electron chi connectivity index (χ3n) is 3.50. The third-order valence-corrected chi connectivity index (χ3v) is 3.50. The summed E-state index contributed by atoms with van der Waals surface area (Å²) in [6.07, 6.45) is 1.92. The smallest absolute Gasteiger partial charge is 0.153 e. The van der Waals surface area contributed by atoms with E-state index in [4.69, 9.17) is 0 Å². The summed E-state index contributed by atoms with van der Waals surface area (Å²) in [5, 5.41) is 7.99. The number of nitrogens with one attached hydrogen (secondary N) is 1. The van der Waals surface area contributed by atoms with Gasteiger partial charge in [-0.25, -0.2) is 9.67 Å². The summed E-state index contributed by atoms with van der Waals surface area (Å²) in [5.41, 5.74) is 4.73. The minimum absolute atomic E-state index is 0.117. The Morgan fingerprint density at radius 2 is 1.85 bits per heavy atom. The van der Waals surface area contributed by atoms with Gasteiger partial charge in [0.1, 0.15) is 0 Å². The SMILES string of the molecule is Cc1nn(-c2ccc(CNC(C)(C)C)cn2)c(C)c1C. The van der Waals surface area contributed by atoms with Gasteiger partial charge in [-0.3, -0.25) is 0 Å². The quantitative estimate of drug-likeness (QED) is 0.933. The van der Waals surface area contributed by atoms with E-state index in [0.29, 0.717) is 0 Å². The summed E-state index contributed by atoms with van der Waals surface area (Å²) >= 11 is 0. The molecule has 0 atom stereocenters. The summed E-state index contributed by atoms with van der Waals surface area (Å²) in [4.78, 5) is 4.53. The molecular weight excluding hydrogens is 248 g/mol. The molecule has 2 aromatic heterocycles. The van der Waals surface area contributed by atoms with Crippen molar-refractivity contribution >= 4 is 0 Å². The van der Waals surface area contributed by atoms with Crippen LogP contribution >= 0.6 is 0 Å². The molecule has 4 heteroatoms. The normalized spacial score (nSPS) is 11.9. The fraction of sp³-hybridized carbons (Fsp3) is 0.500. The van der Waals surface area contributed by atoms with Gasteiger partial charge in [-0.05, 0) is 58.7 Å². The van der Waals surface area contributed by atoms with Crippen molar-refractivity contribution in [3.8, 4) is 5.82 Å². The van der Waals surface area contributed by atoms with E-state index in [0.717, 1.165) is 23.8 Å². The highest BCUT2D eigenvalue weighted by Crippen LogP contribution is 2.15. The maximum Gasteiger partial charge on any atom is 0.153 e. The van der Waals surface area contributed by atoms with Crippen LogP contribution in [-0.2, 0) is 6.54 Å². The zero-order valence-corrected chi connectivity index (χ0v) is 13.3. The molecule has 4 nitrogen and oxygen atoms in total. The molecule has 0 bridgehead atoms.